The van der Waals surface area contributed by atoms with Gasteiger partial charge >= 0.3 is 5.51 Å². The first kappa shape index (κ1) is 14.5. The molecule has 0 saturated carbocycles. The van der Waals surface area contributed by atoms with E-state index in [4.69, 9.17) is 0 Å². The van der Waals surface area contributed by atoms with Crippen LogP contribution < -0.4 is 0 Å². The van der Waals surface area contributed by atoms with Crippen molar-refractivity contribution < 1.29 is 13.2 Å². The monoisotopic (exact) mass is 286 g/mol. The van der Waals surface area contributed by atoms with Gasteiger partial charge in [0.25, 0.3) is 0 Å². The van der Waals surface area contributed by atoms with Gasteiger partial charge in [-0.2, -0.15) is 13.2 Å². The zero-order valence-electron chi connectivity index (χ0n) is 10.8. The van der Waals surface area contributed by atoms with E-state index in [0.29, 0.717) is 0 Å². The molecule has 104 valence electrons. The quantitative estimate of drug-likeness (QED) is 0.497. The first-order valence-electron chi connectivity index (χ1n) is 6.43. The van der Waals surface area contributed by atoms with Crippen LogP contribution in [0.4, 0.5) is 13.2 Å². The molecule has 2 rings (SSSR count). The third-order valence-electron chi connectivity index (χ3n) is 3.55. The van der Waals surface area contributed by atoms with Crippen LogP contribution in [0.3, 0.4) is 0 Å². The summed E-state index contributed by atoms with van der Waals surface area (Å²) in [5, 5.41) is 0. The number of allylic oxidation sites excluding steroid dienone is 2. The van der Waals surface area contributed by atoms with Gasteiger partial charge in [-0.3, -0.25) is 0 Å². The van der Waals surface area contributed by atoms with Crippen molar-refractivity contribution >= 4 is 11.8 Å². The van der Waals surface area contributed by atoms with Gasteiger partial charge in [0.1, 0.15) is 0 Å². The lowest BCUT2D eigenvalue weighted by Gasteiger charge is -2.26. The predicted octanol–water partition coefficient (Wildman–Crippen LogP) is 5.69. The molecule has 0 nitrogen and oxygen atoms in total. The molecule has 0 aliphatic heterocycles. The lowest BCUT2D eigenvalue weighted by Crippen LogP contribution is -2.18. The molecule has 0 fully saturated rings. The lowest BCUT2D eigenvalue weighted by atomic mass is 9.79. The molecule has 1 aromatic carbocycles. The van der Waals surface area contributed by atoms with Crippen molar-refractivity contribution in [3.63, 3.8) is 0 Å². The summed E-state index contributed by atoms with van der Waals surface area (Å²) in [7, 11) is 0. The molecule has 4 heteroatoms. The maximum Gasteiger partial charge on any atom is 0.446 e. The lowest BCUT2D eigenvalue weighted by molar-refractivity contribution is -0.0328. The molecule has 0 aromatic heterocycles. The number of thioether (sulfide) groups is 1. The maximum absolute atomic E-state index is 12.3. The highest BCUT2D eigenvalue weighted by atomic mass is 32.2. The Morgan fingerprint density at radius 2 is 1.79 bits per heavy atom. The van der Waals surface area contributed by atoms with Crippen LogP contribution in [0, 0.1) is 0 Å². The first-order chi connectivity index (χ1) is 8.89. The Labute approximate surface area is 116 Å². The van der Waals surface area contributed by atoms with Crippen molar-refractivity contribution in [1.29, 1.82) is 0 Å². The van der Waals surface area contributed by atoms with Crippen LogP contribution in [-0.2, 0) is 5.41 Å². The number of hydrogen-bond acceptors (Lipinski definition) is 1. The maximum atomic E-state index is 12.3. The molecular weight excluding hydrogens is 269 g/mol. The summed E-state index contributed by atoms with van der Waals surface area (Å²) in [4.78, 5) is 0.248. The topological polar surface area (TPSA) is 0 Å². The van der Waals surface area contributed by atoms with E-state index in [2.05, 4.69) is 19.1 Å². The predicted molar refractivity (Wildman–Crippen MR) is 73.3 cm³/mol. The summed E-state index contributed by atoms with van der Waals surface area (Å²) in [5.74, 6) is 0. The fraction of sp³-hybridized carbons (Fsp3) is 0.467. The molecule has 0 saturated heterocycles. The second-order valence-corrected chi connectivity index (χ2v) is 6.28. The molecule has 1 aliphatic rings. The van der Waals surface area contributed by atoms with Gasteiger partial charge in [0.15, 0.2) is 0 Å². The Kier molecular flexibility index (Phi) is 4.29. The average molecular weight is 286 g/mol. The SMILES string of the molecule is C[C@]1(c2ccc(SC(F)(F)F)cc2)C=CCCCC1. The minimum Gasteiger partial charge on any atom is -0.160 e. The van der Waals surface area contributed by atoms with Crippen LogP contribution >= 0.6 is 11.8 Å². The molecule has 0 radical (unpaired) electrons. The van der Waals surface area contributed by atoms with E-state index in [1.807, 2.05) is 12.1 Å². The summed E-state index contributed by atoms with van der Waals surface area (Å²) < 4.78 is 36.8. The Bertz CT molecular complexity index is 447. The molecule has 0 heterocycles. The molecule has 0 N–H and O–H groups in total. The smallest absolute Gasteiger partial charge is 0.160 e. The summed E-state index contributed by atoms with van der Waals surface area (Å²) in [6.07, 6.45) is 8.88. The molecule has 1 atom stereocenters. The van der Waals surface area contributed by atoms with Crippen molar-refractivity contribution in [1.82, 2.24) is 0 Å². The molecule has 0 bridgehead atoms. The molecule has 1 aromatic rings. The van der Waals surface area contributed by atoms with E-state index in [-0.39, 0.29) is 22.1 Å². The van der Waals surface area contributed by atoms with Gasteiger partial charge in [-0.05, 0) is 48.7 Å². The third-order valence-corrected chi connectivity index (χ3v) is 4.29. The van der Waals surface area contributed by atoms with Gasteiger partial charge in [-0.15, -0.1) is 0 Å². The van der Waals surface area contributed by atoms with Crippen LogP contribution in [0.2, 0.25) is 0 Å². The fourth-order valence-corrected chi connectivity index (χ4v) is 3.00. The Morgan fingerprint density at radius 1 is 1.11 bits per heavy atom. The Hall–Kier alpha value is -0.900. The van der Waals surface area contributed by atoms with E-state index in [0.717, 1.165) is 24.8 Å². The molecule has 0 amide bonds. The normalized spacial score (nSPS) is 24.2. The molecule has 1 aliphatic carbocycles. The summed E-state index contributed by atoms with van der Waals surface area (Å²) in [6, 6.07) is 6.78. The minimum absolute atomic E-state index is 0.0437. The van der Waals surface area contributed by atoms with Gasteiger partial charge < -0.3 is 0 Å². The van der Waals surface area contributed by atoms with Gasteiger partial charge in [0.2, 0.25) is 0 Å². The van der Waals surface area contributed by atoms with Gasteiger partial charge in [0.05, 0.1) is 0 Å². The number of halogens is 3. The van der Waals surface area contributed by atoms with Crippen LogP contribution in [-0.4, -0.2) is 5.51 Å². The Balaban J connectivity index is 2.17. The van der Waals surface area contributed by atoms with Crippen molar-refractivity contribution in [3.8, 4) is 0 Å². The second-order valence-electron chi connectivity index (χ2n) is 5.14. The van der Waals surface area contributed by atoms with E-state index in [9.17, 15) is 13.2 Å². The second kappa shape index (κ2) is 5.61. The summed E-state index contributed by atoms with van der Waals surface area (Å²) in [6.45, 7) is 2.15. The highest BCUT2D eigenvalue weighted by Gasteiger charge is 2.30. The number of hydrogen-bond donors (Lipinski definition) is 0. The van der Waals surface area contributed by atoms with Crippen molar-refractivity contribution in [3.05, 3.63) is 42.0 Å². The standard InChI is InChI=1S/C15H17F3S/c1-14(10-4-2-3-5-11-14)12-6-8-13(9-7-12)19-15(16,17)18/h4,6-10H,2-3,5,11H2,1H3/t14-/m0/s1. The highest BCUT2D eigenvalue weighted by molar-refractivity contribution is 8.00. The fourth-order valence-electron chi connectivity index (χ4n) is 2.46. The summed E-state index contributed by atoms with van der Waals surface area (Å²) >= 11 is -0.0589. The molecule has 0 unspecified atom stereocenters. The van der Waals surface area contributed by atoms with Crippen LogP contribution in [0.15, 0.2) is 41.3 Å². The van der Waals surface area contributed by atoms with Gasteiger partial charge in [-0.25, -0.2) is 0 Å². The molecular formula is C15H17F3S. The largest absolute Gasteiger partial charge is 0.446 e. The minimum atomic E-state index is -4.21. The summed E-state index contributed by atoms with van der Waals surface area (Å²) in [5.41, 5.74) is -3.16. The van der Waals surface area contributed by atoms with Crippen molar-refractivity contribution in [2.45, 2.75) is 48.4 Å². The zero-order valence-corrected chi connectivity index (χ0v) is 11.7. The van der Waals surface area contributed by atoms with E-state index < -0.39 is 5.51 Å². The number of rotatable bonds is 2. The van der Waals surface area contributed by atoms with Crippen LogP contribution in [0.5, 0.6) is 0 Å². The van der Waals surface area contributed by atoms with Crippen LogP contribution in [0.25, 0.3) is 0 Å². The zero-order chi connectivity index (χ0) is 13.9. The van der Waals surface area contributed by atoms with Crippen LogP contribution in [0.1, 0.15) is 38.2 Å². The van der Waals surface area contributed by atoms with Crippen molar-refractivity contribution in [2.24, 2.45) is 0 Å². The average Bonchev–Trinajstić information content (AvgIpc) is 2.54. The van der Waals surface area contributed by atoms with E-state index in [1.165, 1.54) is 6.42 Å². The van der Waals surface area contributed by atoms with Gasteiger partial charge in [-0.1, -0.05) is 37.6 Å². The highest BCUT2D eigenvalue weighted by Crippen LogP contribution is 2.39. The van der Waals surface area contributed by atoms with E-state index in [1.54, 1.807) is 12.1 Å². The molecule has 19 heavy (non-hydrogen) atoms. The molecule has 0 spiro atoms. The van der Waals surface area contributed by atoms with Gasteiger partial charge in [0, 0.05) is 10.3 Å². The number of benzene rings is 1. The first-order valence-corrected chi connectivity index (χ1v) is 7.25. The Morgan fingerprint density at radius 3 is 2.42 bits per heavy atom. The van der Waals surface area contributed by atoms with E-state index >= 15 is 0 Å². The third kappa shape index (κ3) is 4.03. The van der Waals surface area contributed by atoms with Crippen molar-refractivity contribution in [2.75, 3.05) is 0 Å². The number of alkyl halides is 3.